The van der Waals surface area contributed by atoms with Gasteiger partial charge in [-0.05, 0) is 97.7 Å². The summed E-state index contributed by atoms with van der Waals surface area (Å²) in [6.07, 6.45) is 5.05. The van der Waals surface area contributed by atoms with Crippen molar-refractivity contribution in [2.45, 2.75) is 96.8 Å². The zero-order chi connectivity index (χ0) is 24.3. The molecule has 0 heterocycles. The maximum absolute atomic E-state index is 11.9. The Balaban J connectivity index is 1.69. The van der Waals surface area contributed by atoms with Crippen molar-refractivity contribution in [1.29, 1.82) is 0 Å². The second kappa shape index (κ2) is 8.73. The Morgan fingerprint density at radius 3 is 2.30 bits per heavy atom. The number of aliphatic hydroxyl groups is 2. The second-order valence-electron chi connectivity index (χ2n) is 12.1. The van der Waals surface area contributed by atoms with Gasteiger partial charge in [-0.15, -0.1) is 0 Å². The van der Waals surface area contributed by atoms with Crippen molar-refractivity contribution in [3.05, 3.63) is 0 Å². The smallest absolute Gasteiger partial charge is 0.333 e. The highest BCUT2D eigenvalue weighted by Crippen LogP contribution is 2.68. The fraction of sp³-hybridized carbons (Fsp3) is 0.958. The number of nitrogens with one attached hydrogen (secondary N) is 1. The monoisotopic (exact) mass is 487 g/mol. The van der Waals surface area contributed by atoms with Crippen LogP contribution in [0.25, 0.3) is 0 Å². The molecule has 0 aromatic rings. The van der Waals surface area contributed by atoms with Crippen molar-refractivity contribution in [2.75, 3.05) is 0 Å². The number of carboxylic acids is 1. The molecule has 0 aliphatic heterocycles. The molecule has 5 N–H and O–H groups in total. The van der Waals surface area contributed by atoms with Crippen LogP contribution < -0.4 is 4.72 Å². The van der Waals surface area contributed by atoms with E-state index in [4.69, 9.17) is 5.11 Å². The summed E-state index contributed by atoms with van der Waals surface area (Å²) >= 11 is 0. The summed E-state index contributed by atoms with van der Waals surface area (Å²) < 4.78 is 36.0. The SMILES string of the molecule is C[C@H](CCC(=O)O)[C@H]1CC[C@H]2[C@@H]3[C@H](NS(=O)(=O)O)[C@H](O)[C@@H]4C[C@H](O)CC[C@]4(C)[C@H]3CC[C@]12C. The topological polar surface area (TPSA) is 144 Å². The zero-order valence-corrected chi connectivity index (χ0v) is 20.8. The summed E-state index contributed by atoms with van der Waals surface area (Å²) in [7, 11) is -4.51. The molecule has 0 radical (unpaired) electrons. The third-order valence-electron chi connectivity index (χ3n) is 10.6. The first-order chi connectivity index (χ1) is 15.3. The third-order valence-corrected chi connectivity index (χ3v) is 11.2. The van der Waals surface area contributed by atoms with E-state index in [1.165, 1.54) is 0 Å². The number of fused-ring (bicyclic) bond motifs is 5. The van der Waals surface area contributed by atoms with E-state index in [1.807, 2.05) is 0 Å². The van der Waals surface area contributed by atoms with Crippen molar-refractivity contribution in [3.63, 3.8) is 0 Å². The summed E-state index contributed by atoms with van der Waals surface area (Å²) in [6, 6.07) is -0.786. The van der Waals surface area contributed by atoms with Gasteiger partial charge in [-0.25, -0.2) is 0 Å². The lowest BCUT2D eigenvalue weighted by Crippen LogP contribution is -2.68. The van der Waals surface area contributed by atoms with Crippen LogP contribution in [-0.2, 0) is 15.1 Å². The number of hydrogen-bond donors (Lipinski definition) is 5. The molecule has 4 aliphatic carbocycles. The fourth-order valence-corrected chi connectivity index (χ4v) is 9.76. The summed E-state index contributed by atoms with van der Waals surface area (Å²) in [5, 5.41) is 30.9. The zero-order valence-electron chi connectivity index (χ0n) is 20.0. The molecule has 4 fully saturated rings. The van der Waals surface area contributed by atoms with E-state index in [-0.39, 0.29) is 46.8 Å². The van der Waals surface area contributed by atoms with Crippen LogP contribution in [0.3, 0.4) is 0 Å². The molecule has 190 valence electrons. The Morgan fingerprint density at radius 2 is 1.67 bits per heavy atom. The Morgan fingerprint density at radius 1 is 1.03 bits per heavy atom. The van der Waals surface area contributed by atoms with Gasteiger partial charge in [0.1, 0.15) is 0 Å². The molecule has 0 aromatic carbocycles. The van der Waals surface area contributed by atoms with Crippen molar-refractivity contribution in [3.8, 4) is 0 Å². The molecule has 0 bridgehead atoms. The molecule has 4 rings (SSSR count). The van der Waals surface area contributed by atoms with Crippen molar-refractivity contribution < 1.29 is 33.1 Å². The highest BCUT2D eigenvalue weighted by molar-refractivity contribution is 7.83. The van der Waals surface area contributed by atoms with Gasteiger partial charge in [0.15, 0.2) is 0 Å². The minimum Gasteiger partial charge on any atom is -0.481 e. The van der Waals surface area contributed by atoms with E-state index in [0.717, 1.165) is 32.1 Å². The van der Waals surface area contributed by atoms with Gasteiger partial charge < -0.3 is 15.3 Å². The summed E-state index contributed by atoms with van der Waals surface area (Å²) in [6.45, 7) is 6.62. The first-order valence-corrected chi connectivity index (χ1v) is 14.0. The van der Waals surface area contributed by atoms with E-state index < -0.39 is 34.5 Å². The van der Waals surface area contributed by atoms with Gasteiger partial charge in [-0.3, -0.25) is 9.35 Å². The molecule has 0 saturated heterocycles. The van der Waals surface area contributed by atoms with E-state index in [2.05, 4.69) is 25.5 Å². The molecule has 11 atom stereocenters. The van der Waals surface area contributed by atoms with Crippen molar-refractivity contribution in [2.24, 2.45) is 46.3 Å². The molecular weight excluding hydrogens is 446 g/mol. The Hall–Kier alpha value is -0.740. The summed E-state index contributed by atoms with van der Waals surface area (Å²) in [5.41, 5.74) is -0.246. The van der Waals surface area contributed by atoms with Crippen LogP contribution >= 0.6 is 0 Å². The summed E-state index contributed by atoms with van der Waals surface area (Å²) in [5.74, 6) is -0.119. The molecular formula is C24H41NO7S. The molecule has 0 spiro atoms. The van der Waals surface area contributed by atoms with E-state index in [0.29, 0.717) is 25.2 Å². The number of aliphatic hydroxyl groups excluding tert-OH is 2. The van der Waals surface area contributed by atoms with Crippen LogP contribution in [0.1, 0.15) is 78.6 Å². The first kappa shape index (κ1) is 25.4. The lowest BCUT2D eigenvalue weighted by atomic mass is 9.42. The standard InChI is InChI=1S/C24H41NO7S/c1-13(4-7-19(27)28)15-5-6-16-20-17(9-11-23(15,16)2)24(3)10-8-14(26)12-18(24)22(29)21(20)25-33(30,31)32/h13-18,20-22,25-26,29H,4-12H2,1-3H3,(H,27,28)(H,30,31,32)/t13-,14-,15-,16+,17+,18+,20+,21+,22-,23-,24-/m1/s1. The molecule has 4 aliphatic rings. The molecule has 0 aromatic heterocycles. The van der Waals surface area contributed by atoms with Gasteiger partial charge in [0.2, 0.25) is 0 Å². The van der Waals surface area contributed by atoms with E-state index in [9.17, 15) is 28.0 Å². The maximum atomic E-state index is 11.9. The van der Waals surface area contributed by atoms with E-state index in [1.54, 1.807) is 0 Å². The molecule has 9 heteroatoms. The van der Waals surface area contributed by atoms with Gasteiger partial charge in [-0.1, -0.05) is 20.8 Å². The predicted molar refractivity (Wildman–Crippen MR) is 123 cm³/mol. The molecule has 0 unspecified atom stereocenters. The number of rotatable bonds is 6. The van der Waals surface area contributed by atoms with Crippen LogP contribution in [0.15, 0.2) is 0 Å². The van der Waals surface area contributed by atoms with Crippen LogP contribution in [-0.4, -0.2) is 52.5 Å². The maximum Gasteiger partial charge on any atom is 0.333 e. The molecule has 33 heavy (non-hydrogen) atoms. The Kier molecular flexibility index (Phi) is 6.71. The molecule has 0 amide bonds. The number of carboxylic acid groups (broad SMARTS) is 1. The van der Waals surface area contributed by atoms with Gasteiger partial charge >= 0.3 is 16.3 Å². The average molecular weight is 488 g/mol. The van der Waals surface area contributed by atoms with Gasteiger partial charge in [0.25, 0.3) is 0 Å². The Bertz CT molecular complexity index is 865. The minimum atomic E-state index is -4.51. The molecule has 8 nitrogen and oxygen atoms in total. The van der Waals surface area contributed by atoms with Crippen molar-refractivity contribution in [1.82, 2.24) is 4.72 Å². The van der Waals surface area contributed by atoms with Crippen LogP contribution in [0.4, 0.5) is 0 Å². The average Bonchev–Trinajstić information content (AvgIpc) is 3.07. The Labute approximate surface area is 197 Å². The van der Waals surface area contributed by atoms with Crippen LogP contribution in [0, 0.1) is 46.3 Å². The highest BCUT2D eigenvalue weighted by Gasteiger charge is 2.65. The lowest BCUT2D eigenvalue weighted by molar-refractivity contribution is -0.184. The first-order valence-electron chi connectivity index (χ1n) is 12.6. The predicted octanol–water partition coefficient (Wildman–Crippen LogP) is 2.85. The number of aliphatic carboxylic acids is 1. The summed E-state index contributed by atoms with van der Waals surface area (Å²) in [4.78, 5) is 11.1. The quantitative estimate of drug-likeness (QED) is 0.362. The largest absolute Gasteiger partial charge is 0.481 e. The van der Waals surface area contributed by atoms with Crippen molar-refractivity contribution >= 4 is 16.3 Å². The molecule has 4 saturated carbocycles. The number of carbonyl (C=O) groups is 1. The minimum absolute atomic E-state index is 0.0602. The fourth-order valence-electron chi connectivity index (χ4n) is 9.12. The third kappa shape index (κ3) is 4.37. The second-order valence-corrected chi connectivity index (χ2v) is 13.3. The lowest BCUT2D eigenvalue weighted by Gasteiger charge is -2.64. The normalized spacial score (nSPS) is 48.4. The van der Waals surface area contributed by atoms with Crippen LogP contribution in [0.2, 0.25) is 0 Å². The van der Waals surface area contributed by atoms with Gasteiger partial charge in [-0.2, -0.15) is 13.1 Å². The van der Waals surface area contributed by atoms with E-state index >= 15 is 0 Å². The van der Waals surface area contributed by atoms with Gasteiger partial charge in [0.05, 0.1) is 18.2 Å². The number of hydrogen-bond acceptors (Lipinski definition) is 5. The highest BCUT2D eigenvalue weighted by atomic mass is 32.2. The van der Waals surface area contributed by atoms with Gasteiger partial charge in [0, 0.05) is 6.42 Å². The van der Waals surface area contributed by atoms with Crippen LogP contribution in [0.5, 0.6) is 0 Å².